The minimum atomic E-state index is -0.181. The molecular formula is C20H25FN4O. The molecule has 0 saturated carbocycles. The Morgan fingerprint density at radius 3 is 2.46 bits per heavy atom. The van der Waals surface area contributed by atoms with E-state index in [-0.39, 0.29) is 17.8 Å². The van der Waals surface area contributed by atoms with Crippen molar-refractivity contribution in [2.24, 2.45) is 0 Å². The van der Waals surface area contributed by atoms with Crippen LogP contribution in [0.15, 0.2) is 42.6 Å². The number of hydrogen-bond donors (Lipinski definition) is 1. The van der Waals surface area contributed by atoms with Gasteiger partial charge in [-0.2, -0.15) is 0 Å². The average Bonchev–Trinajstić information content (AvgIpc) is 2.68. The van der Waals surface area contributed by atoms with Crippen molar-refractivity contribution in [1.82, 2.24) is 10.3 Å². The SMILES string of the molecule is CCC(C)NC(=O)c1ccc(N2CCN(c3ccccc3F)CC2)cn1. The van der Waals surface area contributed by atoms with E-state index in [0.717, 1.165) is 38.3 Å². The number of para-hydroxylation sites is 1. The summed E-state index contributed by atoms with van der Waals surface area (Å²) in [5.41, 5.74) is 2.07. The molecule has 1 atom stereocenters. The molecule has 1 fully saturated rings. The Kier molecular flexibility index (Phi) is 5.71. The molecule has 5 nitrogen and oxygen atoms in total. The second-order valence-corrected chi connectivity index (χ2v) is 6.61. The number of nitrogens with zero attached hydrogens (tertiary/aromatic N) is 3. The molecule has 1 saturated heterocycles. The maximum atomic E-state index is 13.9. The topological polar surface area (TPSA) is 48.5 Å². The fourth-order valence-electron chi connectivity index (χ4n) is 3.02. The second kappa shape index (κ2) is 8.17. The highest BCUT2D eigenvalue weighted by Crippen LogP contribution is 2.22. The predicted molar refractivity (Wildman–Crippen MR) is 102 cm³/mol. The van der Waals surface area contributed by atoms with Crippen molar-refractivity contribution in [2.75, 3.05) is 36.0 Å². The molecule has 138 valence electrons. The van der Waals surface area contributed by atoms with Crippen LogP contribution in [0.2, 0.25) is 0 Å². The third-order valence-corrected chi connectivity index (χ3v) is 4.81. The molecule has 1 aliphatic rings. The third kappa shape index (κ3) is 4.12. The molecule has 3 rings (SSSR count). The average molecular weight is 356 g/mol. The first-order valence-corrected chi connectivity index (χ1v) is 9.10. The van der Waals surface area contributed by atoms with Crippen molar-refractivity contribution in [2.45, 2.75) is 26.3 Å². The van der Waals surface area contributed by atoms with E-state index >= 15 is 0 Å². The number of carbonyl (C=O) groups is 1. The van der Waals surface area contributed by atoms with Gasteiger partial charge in [0.2, 0.25) is 0 Å². The van der Waals surface area contributed by atoms with Gasteiger partial charge in [-0.25, -0.2) is 9.37 Å². The van der Waals surface area contributed by atoms with Gasteiger partial charge >= 0.3 is 0 Å². The van der Waals surface area contributed by atoms with Crippen molar-refractivity contribution in [3.8, 4) is 0 Å². The Bertz CT molecular complexity index is 742. The van der Waals surface area contributed by atoms with Crippen LogP contribution in [0.25, 0.3) is 0 Å². The van der Waals surface area contributed by atoms with E-state index in [0.29, 0.717) is 11.4 Å². The quantitative estimate of drug-likeness (QED) is 0.894. The van der Waals surface area contributed by atoms with Gasteiger partial charge in [-0.3, -0.25) is 4.79 Å². The molecule has 1 aromatic heterocycles. The summed E-state index contributed by atoms with van der Waals surface area (Å²) in [5, 5.41) is 2.92. The second-order valence-electron chi connectivity index (χ2n) is 6.61. The van der Waals surface area contributed by atoms with Gasteiger partial charge in [-0.15, -0.1) is 0 Å². The number of nitrogens with one attached hydrogen (secondary N) is 1. The minimum Gasteiger partial charge on any atom is -0.367 e. The lowest BCUT2D eigenvalue weighted by Crippen LogP contribution is -2.46. The van der Waals surface area contributed by atoms with Gasteiger partial charge in [-0.05, 0) is 37.6 Å². The molecule has 0 bridgehead atoms. The summed E-state index contributed by atoms with van der Waals surface area (Å²) in [6.07, 6.45) is 2.63. The molecule has 0 spiro atoms. The van der Waals surface area contributed by atoms with Gasteiger partial charge in [0.05, 0.1) is 17.6 Å². The van der Waals surface area contributed by atoms with Gasteiger partial charge in [0.25, 0.3) is 5.91 Å². The molecule has 2 aromatic rings. The van der Waals surface area contributed by atoms with E-state index in [2.05, 4.69) is 20.1 Å². The number of carbonyl (C=O) groups excluding carboxylic acids is 1. The largest absolute Gasteiger partial charge is 0.367 e. The third-order valence-electron chi connectivity index (χ3n) is 4.81. The molecule has 6 heteroatoms. The Hall–Kier alpha value is -2.63. The van der Waals surface area contributed by atoms with Crippen LogP contribution in [0.1, 0.15) is 30.8 Å². The highest BCUT2D eigenvalue weighted by atomic mass is 19.1. The zero-order valence-electron chi connectivity index (χ0n) is 15.3. The number of hydrogen-bond acceptors (Lipinski definition) is 4. The Morgan fingerprint density at radius 1 is 1.15 bits per heavy atom. The van der Waals surface area contributed by atoms with Crippen LogP contribution >= 0.6 is 0 Å². The van der Waals surface area contributed by atoms with Crippen molar-refractivity contribution in [3.63, 3.8) is 0 Å². The Morgan fingerprint density at radius 2 is 1.85 bits per heavy atom. The monoisotopic (exact) mass is 356 g/mol. The summed E-state index contributed by atoms with van der Waals surface area (Å²) < 4.78 is 13.9. The Balaban J connectivity index is 1.60. The normalized spacial score (nSPS) is 15.7. The first-order valence-electron chi connectivity index (χ1n) is 9.10. The number of benzene rings is 1. The van der Waals surface area contributed by atoms with Gasteiger partial charge < -0.3 is 15.1 Å². The van der Waals surface area contributed by atoms with Gasteiger partial charge in [0.1, 0.15) is 11.5 Å². The van der Waals surface area contributed by atoms with Crippen molar-refractivity contribution < 1.29 is 9.18 Å². The number of pyridine rings is 1. The molecule has 0 radical (unpaired) electrons. The summed E-state index contributed by atoms with van der Waals surface area (Å²) in [7, 11) is 0. The van der Waals surface area contributed by atoms with Crippen LogP contribution in [0.5, 0.6) is 0 Å². The minimum absolute atomic E-state index is 0.135. The molecule has 2 heterocycles. The van der Waals surface area contributed by atoms with Crippen LogP contribution in [0, 0.1) is 5.82 Å². The molecule has 1 amide bonds. The van der Waals surface area contributed by atoms with Gasteiger partial charge in [0.15, 0.2) is 0 Å². The predicted octanol–water partition coefficient (Wildman–Crippen LogP) is 3.08. The van der Waals surface area contributed by atoms with Gasteiger partial charge in [0, 0.05) is 32.2 Å². The standard InChI is InChI=1S/C20H25FN4O/c1-3-15(2)23-20(26)18-9-8-16(14-22-18)24-10-12-25(13-11-24)19-7-5-4-6-17(19)21/h4-9,14-15H,3,10-13H2,1-2H3,(H,23,26). The molecule has 1 aromatic carbocycles. The van der Waals surface area contributed by atoms with Crippen molar-refractivity contribution in [3.05, 3.63) is 54.1 Å². The lowest BCUT2D eigenvalue weighted by Gasteiger charge is -2.37. The molecule has 1 aliphatic heterocycles. The van der Waals surface area contributed by atoms with Crippen molar-refractivity contribution in [1.29, 1.82) is 0 Å². The van der Waals surface area contributed by atoms with E-state index < -0.39 is 0 Å². The summed E-state index contributed by atoms with van der Waals surface area (Å²) in [4.78, 5) is 20.7. The Labute approximate surface area is 153 Å². The molecule has 1 N–H and O–H groups in total. The summed E-state index contributed by atoms with van der Waals surface area (Å²) in [6.45, 7) is 7.07. The maximum Gasteiger partial charge on any atom is 0.270 e. The van der Waals surface area contributed by atoms with Crippen LogP contribution in [-0.2, 0) is 0 Å². The highest BCUT2D eigenvalue weighted by molar-refractivity contribution is 5.92. The summed E-state index contributed by atoms with van der Waals surface area (Å²) in [5.74, 6) is -0.324. The fraction of sp³-hybridized carbons (Fsp3) is 0.400. The zero-order chi connectivity index (χ0) is 18.5. The number of aromatic nitrogens is 1. The fourth-order valence-corrected chi connectivity index (χ4v) is 3.02. The van der Waals surface area contributed by atoms with E-state index in [1.54, 1.807) is 18.3 Å². The number of amides is 1. The number of piperazine rings is 1. The van der Waals surface area contributed by atoms with Gasteiger partial charge in [-0.1, -0.05) is 19.1 Å². The van der Waals surface area contributed by atoms with Crippen molar-refractivity contribution >= 4 is 17.3 Å². The van der Waals surface area contributed by atoms with E-state index in [1.165, 1.54) is 6.07 Å². The molecule has 26 heavy (non-hydrogen) atoms. The first-order chi connectivity index (χ1) is 12.6. The first kappa shape index (κ1) is 18.2. The summed E-state index contributed by atoms with van der Waals surface area (Å²) in [6, 6.07) is 10.7. The number of rotatable bonds is 5. The molecular weight excluding hydrogens is 331 g/mol. The zero-order valence-corrected chi connectivity index (χ0v) is 15.3. The van der Waals surface area contributed by atoms with Crippen LogP contribution in [0.3, 0.4) is 0 Å². The highest BCUT2D eigenvalue weighted by Gasteiger charge is 2.20. The number of anilines is 2. The van der Waals surface area contributed by atoms with Crippen LogP contribution in [0.4, 0.5) is 15.8 Å². The molecule has 0 aliphatic carbocycles. The van der Waals surface area contributed by atoms with E-state index in [9.17, 15) is 9.18 Å². The van der Waals surface area contributed by atoms with Crippen LogP contribution in [-0.4, -0.2) is 43.1 Å². The lowest BCUT2D eigenvalue weighted by atomic mass is 10.2. The number of halogens is 1. The van der Waals surface area contributed by atoms with E-state index in [1.807, 2.05) is 32.0 Å². The lowest BCUT2D eigenvalue weighted by molar-refractivity contribution is 0.0934. The molecule has 1 unspecified atom stereocenters. The van der Waals surface area contributed by atoms with Crippen LogP contribution < -0.4 is 15.1 Å². The van der Waals surface area contributed by atoms with E-state index in [4.69, 9.17) is 0 Å². The smallest absolute Gasteiger partial charge is 0.270 e. The summed E-state index contributed by atoms with van der Waals surface area (Å²) >= 11 is 0. The maximum absolute atomic E-state index is 13.9.